The van der Waals surface area contributed by atoms with E-state index in [-0.39, 0.29) is 0 Å². The van der Waals surface area contributed by atoms with Gasteiger partial charge in [0.25, 0.3) is 0 Å². The first-order valence-corrected chi connectivity index (χ1v) is 4.13. The van der Waals surface area contributed by atoms with Crippen LogP contribution in [0.4, 0.5) is 0 Å². The van der Waals surface area contributed by atoms with Crippen LogP contribution < -0.4 is 10.2 Å². The molecule has 13 heavy (non-hydrogen) atoms. The van der Waals surface area contributed by atoms with Crippen molar-refractivity contribution in [1.29, 1.82) is 0 Å². The Labute approximate surface area is 75.3 Å². The van der Waals surface area contributed by atoms with E-state index in [4.69, 9.17) is 4.74 Å². The molecule has 1 heterocycles. The molecule has 0 amide bonds. The molecule has 1 aliphatic rings. The maximum atomic E-state index is 10.5. The lowest BCUT2D eigenvalue weighted by molar-refractivity contribution is -0.323. The van der Waals surface area contributed by atoms with Crippen molar-refractivity contribution in [2.75, 3.05) is 6.61 Å². The zero-order valence-electron chi connectivity index (χ0n) is 7.02. The molecule has 5 heteroatoms. The molecule has 5 nitrogen and oxygen atoms in total. The van der Waals surface area contributed by atoms with Crippen LogP contribution in [-0.2, 0) is 14.3 Å². The van der Waals surface area contributed by atoms with Crippen molar-refractivity contribution in [3.05, 3.63) is 0 Å². The third kappa shape index (κ3) is 2.69. The lowest BCUT2D eigenvalue weighted by Gasteiger charge is -2.23. The van der Waals surface area contributed by atoms with Crippen LogP contribution in [0.15, 0.2) is 0 Å². The molecule has 0 radical (unpaired) electrons. The molecule has 0 saturated carbocycles. The first-order chi connectivity index (χ1) is 6.11. The Balaban J connectivity index is 2.55. The predicted molar refractivity (Wildman–Crippen MR) is 37.1 cm³/mol. The fourth-order valence-corrected chi connectivity index (χ4v) is 1.47. The number of carboxylic acid groups (broad SMARTS) is 2. The Morgan fingerprint density at radius 2 is 2.15 bits per heavy atom. The maximum Gasteiger partial charge on any atom is 0.0659 e. The number of aliphatic carboxylic acids is 2. The van der Waals surface area contributed by atoms with Crippen LogP contribution in [0.3, 0.4) is 0 Å². The Morgan fingerprint density at radius 1 is 1.46 bits per heavy atom. The van der Waals surface area contributed by atoms with Crippen molar-refractivity contribution in [3.63, 3.8) is 0 Å². The minimum absolute atomic E-state index is 0.488. The minimum Gasteiger partial charge on any atom is -0.550 e. The number of hydrogen-bond donors (Lipinski definition) is 0. The molecule has 1 saturated heterocycles. The zero-order chi connectivity index (χ0) is 9.84. The van der Waals surface area contributed by atoms with Crippen LogP contribution in [0.5, 0.6) is 0 Å². The summed E-state index contributed by atoms with van der Waals surface area (Å²) in [5.74, 6) is -3.84. The van der Waals surface area contributed by atoms with Gasteiger partial charge < -0.3 is 24.5 Å². The fraction of sp³-hybridized carbons (Fsp3) is 0.750. The van der Waals surface area contributed by atoms with Gasteiger partial charge >= 0.3 is 0 Å². The van der Waals surface area contributed by atoms with E-state index in [1.807, 2.05) is 0 Å². The highest BCUT2D eigenvalue weighted by Crippen LogP contribution is 2.22. The average Bonchev–Trinajstić information content (AvgIpc) is 2.50. The van der Waals surface area contributed by atoms with Gasteiger partial charge in [0, 0.05) is 24.5 Å². The molecule has 0 N–H and O–H groups in total. The van der Waals surface area contributed by atoms with E-state index < -0.39 is 30.4 Å². The summed E-state index contributed by atoms with van der Waals surface area (Å²) in [4.78, 5) is 20.8. The van der Waals surface area contributed by atoms with Crippen molar-refractivity contribution < 1.29 is 24.5 Å². The molecule has 0 aromatic heterocycles. The Kier molecular flexibility index (Phi) is 3.25. The first kappa shape index (κ1) is 9.98. The van der Waals surface area contributed by atoms with Gasteiger partial charge in [-0.05, 0) is 19.3 Å². The topological polar surface area (TPSA) is 89.5 Å². The molecule has 0 unspecified atom stereocenters. The molecule has 1 aliphatic heterocycles. The quantitative estimate of drug-likeness (QED) is 0.491. The van der Waals surface area contributed by atoms with Crippen LogP contribution in [0.25, 0.3) is 0 Å². The van der Waals surface area contributed by atoms with Crippen molar-refractivity contribution >= 4 is 11.9 Å². The molecule has 0 spiro atoms. The number of carbonyl (C=O) groups is 2. The molecule has 0 bridgehead atoms. The van der Waals surface area contributed by atoms with Gasteiger partial charge in [-0.1, -0.05) is 0 Å². The summed E-state index contributed by atoms with van der Waals surface area (Å²) < 4.78 is 5.07. The van der Waals surface area contributed by atoms with Gasteiger partial charge in [-0.2, -0.15) is 0 Å². The van der Waals surface area contributed by atoms with E-state index in [2.05, 4.69) is 0 Å². The van der Waals surface area contributed by atoms with Gasteiger partial charge in [-0.25, -0.2) is 0 Å². The molecule has 0 aliphatic carbocycles. The van der Waals surface area contributed by atoms with Crippen molar-refractivity contribution in [3.8, 4) is 0 Å². The maximum absolute atomic E-state index is 10.5. The van der Waals surface area contributed by atoms with E-state index in [0.717, 1.165) is 6.42 Å². The van der Waals surface area contributed by atoms with Crippen molar-refractivity contribution in [1.82, 2.24) is 0 Å². The molecular weight excluding hydrogens is 176 g/mol. The van der Waals surface area contributed by atoms with Crippen LogP contribution in [0, 0.1) is 5.92 Å². The number of ether oxygens (including phenoxy) is 1. The highest BCUT2D eigenvalue weighted by atomic mass is 16.5. The van der Waals surface area contributed by atoms with Crippen LogP contribution in [-0.4, -0.2) is 24.6 Å². The Hall–Kier alpha value is -1.10. The minimum atomic E-state index is -1.38. The molecule has 1 fully saturated rings. The highest BCUT2D eigenvalue weighted by molar-refractivity contribution is 5.76. The number of carboxylic acids is 2. The largest absolute Gasteiger partial charge is 0.550 e. The lowest BCUT2D eigenvalue weighted by Crippen LogP contribution is -2.42. The molecular formula is C8H10O5-2. The predicted octanol–water partition coefficient (Wildman–Crippen LogP) is -2.33. The number of carbonyl (C=O) groups excluding carboxylic acids is 2. The smallest absolute Gasteiger partial charge is 0.0659 e. The molecule has 0 aromatic rings. The van der Waals surface area contributed by atoms with Crippen molar-refractivity contribution in [2.45, 2.75) is 25.4 Å². The van der Waals surface area contributed by atoms with Crippen LogP contribution in [0.1, 0.15) is 19.3 Å². The normalized spacial score (nSPS) is 24.2. The summed E-state index contributed by atoms with van der Waals surface area (Å²) in [6, 6.07) is 0. The standard InChI is InChI=1S/C8H12O5/c9-7(10)4-5(8(11)12)6-2-1-3-13-6/h5-6H,1-4H2,(H,9,10)(H,11,12)/p-2/t5-,6-/m1/s1. The van der Waals surface area contributed by atoms with E-state index in [1.54, 1.807) is 0 Å². The van der Waals surface area contributed by atoms with Gasteiger partial charge in [0.2, 0.25) is 0 Å². The van der Waals surface area contributed by atoms with E-state index in [0.29, 0.717) is 13.0 Å². The molecule has 1 rings (SSSR count). The Bertz CT molecular complexity index is 207. The van der Waals surface area contributed by atoms with Gasteiger partial charge in [0.05, 0.1) is 6.10 Å². The van der Waals surface area contributed by atoms with Gasteiger partial charge in [0.1, 0.15) is 0 Å². The third-order valence-corrected chi connectivity index (χ3v) is 2.10. The van der Waals surface area contributed by atoms with Gasteiger partial charge in [0.15, 0.2) is 0 Å². The van der Waals surface area contributed by atoms with Gasteiger partial charge in [-0.15, -0.1) is 0 Å². The first-order valence-electron chi connectivity index (χ1n) is 4.13. The molecule has 2 atom stereocenters. The summed E-state index contributed by atoms with van der Waals surface area (Å²) in [5, 5.41) is 20.8. The van der Waals surface area contributed by atoms with Crippen LogP contribution in [0.2, 0.25) is 0 Å². The number of rotatable bonds is 4. The number of hydrogen-bond acceptors (Lipinski definition) is 5. The van der Waals surface area contributed by atoms with E-state index in [9.17, 15) is 19.8 Å². The second kappa shape index (κ2) is 4.23. The Morgan fingerprint density at radius 3 is 2.54 bits per heavy atom. The summed E-state index contributed by atoms with van der Waals surface area (Å²) in [6.45, 7) is 0.488. The third-order valence-electron chi connectivity index (χ3n) is 2.10. The molecule has 74 valence electrons. The monoisotopic (exact) mass is 186 g/mol. The summed E-state index contributed by atoms with van der Waals surface area (Å²) in [5.41, 5.74) is 0. The zero-order valence-corrected chi connectivity index (χ0v) is 7.02. The average molecular weight is 186 g/mol. The molecule has 0 aromatic carbocycles. The summed E-state index contributed by atoms with van der Waals surface area (Å²) in [6.07, 6.45) is 0.281. The lowest BCUT2D eigenvalue weighted by atomic mass is 9.97. The summed E-state index contributed by atoms with van der Waals surface area (Å²) >= 11 is 0. The van der Waals surface area contributed by atoms with E-state index in [1.165, 1.54) is 0 Å². The fourth-order valence-electron chi connectivity index (χ4n) is 1.47. The summed E-state index contributed by atoms with van der Waals surface area (Å²) in [7, 11) is 0. The second-order valence-corrected chi connectivity index (χ2v) is 3.05. The van der Waals surface area contributed by atoms with Crippen molar-refractivity contribution in [2.24, 2.45) is 5.92 Å². The van der Waals surface area contributed by atoms with Gasteiger partial charge in [-0.3, -0.25) is 0 Å². The van der Waals surface area contributed by atoms with E-state index >= 15 is 0 Å². The SMILES string of the molecule is O=C([O-])C[C@@H](C(=O)[O-])[C@H]1CCCO1. The second-order valence-electron chi connectivity index (χ2n) is 3.05. The van der Waals surface area contributed by atoms with Crippen LogP contribution >= 0.6 is 0 Å². The highest BCUT2D eigenvalue weighted by Gasteiger charge is 2.26.